The molecule has 0 unspecified atom stereocenters. The fraction of sp³-hybridized carbons (Fsp3) is 0.190. The Labute approximate surface area is 524 Å². The van der Waals surface area contributed by atoms with E-state index in [0.717, 1.165) is 22.5 Å². The van der Waals surface area contributed by atoms with Crippen LogP contribution in [0.25, 0.3) is 87.7 Å². The summed E-state index contributed by atoms with van der Waals surface area (Å²) in [6.45, 7) is 28.3. The van der Waals surface area contributed by atoms with E-state index >= 15 is 0 Å². The molecule has 4 heterocycles. The van der Waals surface area contributed by atoms with E-state index in [9.17, 15) is 0 Å². The molecule has 434 valence electrons. The van der Waals surface area contributed by atoms with E-state index in [2.05, 4.69) is 339 Å². The van der Waals surface area contributed by atoms with Crippen LogP contribution < -0.4 is 26.2 Å². The number of hydrogen-bond donors (Lipinski definition) is 0. The maximum atomic E-state index is 2.69. The van der Waals surface area contributed by atoms with Gasteiger partial charge in [-0.25, -0.2) is 0 Å². The molecule has 0 atom stereocenters. The number of nitrogens with zero attached hydrogens (tertiary/aromatic N) is 4. The van der Waals surface area contributed by atoms with Crippen molar-refractivity contribution in [2.24, 2.45) is 0 Å². The van der Waals surface area contributed by atoms with Gasteiger partial charge in [-0.15, -0.1) is 0 Å². The molecule has 2 aliphatic heterocycles. The maximum Gasteiger partial charge on any atom is 0.252 e. The first-order valence-electron chi connectivity index (χ1n) is 31.9. The van der Waals surface area contributed by atoms with Gasteiger partial charge in [0.1, 0.15) is 0 Å². The van der Waals surface area contributed by atoms with Crippen molar-refractivity contribution in [1.29, 1.82) is 0 Å². The highest BCUT2D eigenvalue weighted by atomic mass is 15.2. The first kappa shape index (κ1) is 54.8. The second-order valence-corrected chi connectivity index (χ2v) is 29.5. The molecule has 89 heavy (non-hydrogen) atoms. The largest absolute Gasteiger partial charge is 0.311 e. The fourth-order valence-corrected chi connectivity index (χ4v) is 14.9. The highest BCUT2D eigenvalue weighted by Crippen LogP contribution is 2.52. The van der Waals surface area contributed by atoms with Crippen molar-refractivity contribution in [2.75, 3.05) is 9.80 Å². The summed E-state index contributed by atoms with van der Waals surface area (Å²) in [6, 6.07) is 90.8. The van der Waals surface area contributed by atoms with Gasteiger partial charge in [-0.3, -0.25) is 0 Å². The summed E-state index contributed by atoms with van der Waals surface area (Å²) in [5.74, 6) is 0. The zero-order valence-corrected chi connectivity index (χ0v) is 53.4. The summed E-state index contributed by atoms with van der Waals surface area (Å²) >= 11 is 0. The molecule has 16 rings (SSSR count). The second kappa shape index (κ2) is 19.5. The third-order valence-electron chi connectivity index (χ3n) is 19.6. The average molecular weight is 1150 g/mol. The first-order valence-corrected chi connectivity index (χ1v) is 31.9. The lowest BCUT2D eigenvalue weighted by atomic mass is 9.33. The minimum Gasteiger partial charge on any atom is -0.311 e. The van der Waals surface area contributed by atoms with Crippen molar-refractivity contribution >= 4 is 122 Å². The molecule has 0 radical (unpaired) electrons. The Bertz CT molecular complexity index is 4990. The Morgan fingerprint density at radius 1 is 0.281 bits per heavy atom. The molecular weight excluding hydrogens is 1080 g/mol. The Morgan fingerprint density at radius 3 is 1.12 bits per heavy atom. The highest BCUT2D eigenvalue weighted by molar-refractivity contribution is 7.00. The number of fused-ring (bicyclic) bond motifs is 15. The third kappa shape index (κ3) is 8.55. The molecule has 2 aromatic heterocycles. The molecular formula is C84H75BN4. The van der Waals surface area contributed by atoms with Gasteiger partial charge in [0.05, 0.1) is 22.1 Å². The van der Waals surface area contributed by atoms with Crippen molar-refractivity contribution in [3.63, 3.8) is 0 Å². The fourth-order valence-electron chi connectivity index (χ4n) is 14.9. The molecule has 0 fully saturated rings. The number of aromatic nitrogens is 2. The maximum absolute atomic E-state index is 2.69. The van der Waals surface area contributed by atoms with Crippen LogP contribution in [-0.4, -0.2) is 15.8 Å². The third-order valence-corrected chi connectivity index (χ3v) is 19.6. The Balaban J connectivity index is 1.07. The number of anilines is 6. The molecule has 0 spiro atoms. The van der Waals surface area contributed by atoms with E-state index in [1.165, 1.54) is 138 Å². The minimum atomic E-state index is -0.120. The summed E-state index contributed by atoms with van der Waals surface area (Å²) in [7, 11) is 0. The number of hydrogen-bond acceptors (Lipinski definition) is 2. The predicted octanol–water partition coefficient (Wildman–Crippen LogP) is 21.1. The highest BCUT2D eigenvalue weighted by Gasteiger charge is 2.45. The van der Waals surface area contributed by atoms with Crippen LogP contribution in [0.2, 0.25) is 0 Å². The molecule has 2 aliphatic rings. The van der Waals surface area contributed by atoms with Gasteiger partial charge in [0.25, 0.3) is 6.71 Å². The first-order chi connectivity index (χ1) is 42.7. The average Bonchev–Trinajstić information content (AvgIpc) is 1.05. The van der Waals surface area contributed by atoms with Crippen LogP contribution >= 0.6 is 0 Å². The van der Waals surface area contributed by atoms with Gasteiger partial charge in [0.15, 0.2) is 0 Å². The lowest BCUT2D eigenvalue weighted by Gasteiger charge is -2.46. The van der Waals surface area contributed by atoms with E-state index in [1.54, 1.807) is 0 Å². The SMILES string of the molecule is CC(C)(C)c1cc(N2c3cc(-c4ccc5c6c7c8ccccc8n(-c8ccccc8)c7ccc6n(-c6ccccc6)c5c4)cc4c3B(c3ccc5ccccc5c32)c2ccc3ccccc3c2N4c2cc(C(C)(C)C)cc(C(C)(C)C)c2)cc(C(C)(C)C)c1. The Kier molecular flexibility index (Phi) is 12.0. The zero-order chi connectivity index (χ0) is 61.2. The normalized spacial score (nSPS) is 13.6. The number of benzene rings is 12. The molecule has 0 bridgehead atoms. The number of rotatable bonds is 5. The predicted molar refractivity (Wildman–Crippen MR) is 384 cm³/mol. The molecule has 5 heteroatoms. The standard InChI is InChI=1S/C84H75BN4/c1-81(2,3)56-46-57(82(4,5)6)49-62(48-56)88-74-44-55(54-35-38-67-73(43-54)87(61-29-17-14-18-30-61)72-42-41-71-76(77(67)72)66-33-23-24-34-70(66)86(71)60-27-15-13-16-28-60)45-75-78(74)85(68-39-36-52-25-19-21-31-64(52)79(68)88)69-40-37-53-26-20-22-32-65(53)80(69)89(75)63-50-58(83(7,8)9)47-59(51-63)84(10,11)12/h13-51H,1-12H3. The van der Waals surface area contributed by atoms with Gasteiger partial charge >= 0.3 is 0 Å². The Hall–Kier alpha value is -9.58. The summed E-state index contributed by atoms with van der Waals surface area (Å²) in [6.07, 6.45) is 0. The van der Waals surface area contributed by atoms with E-state index in [0.29, 0.717) is 0 Å². The van der Waals surface area contributed by atoms with Gasteiger partial charge in [0.2, 0.25) is 0 Å². The van der Waals surface area contributed by atoms with E-state index < -0.39 is 0 Å². The monoisotopic (exact) mass is 1150 g/mol. The molecule has 0 aliphatic carbocycles. The number of para-hydroxylation sites is 3. The molecule has 0 amide bonds. The second-order valence-electron chi connectivity index (χ2n) is 29.5. The lowest BCUT2D eigenvalue weighted by molar-refractivity contribution is 0.568. The quantitative estimate of drug-likeness (QED) is 0.160. The van der Waals surface area contributed by atoms with Crippen LogP contribution in [-0.2, 0) is 21.7 Å². The van der Waals surface area contributed by atoms with Crippen LogP contribution in [0.15, 0.2) is 237 Å². The molecule has 0 saturated heterocycles. The van der Waals surface area contributed by atoms with Crippen molar-refractivity contribution in [2.45, 2.75) is 105 Å². The smallest absolute Gasteiger partial charge is 0.252 e. The van der Waals surface area contributed by atoms with Crippen LogP contribution in [0.5, 0.6) is 0 Å². The van der Waals surface area contributed by atoms with Crippen LogP contribution in [0.3, 0.4) is 0 Å². The van der Waals surface area contributed by atoms with Gasteiger partial charge < -0.3 is 18.9 Å². The molecule has 12 aromatic carbocycles. The minimum absolute atomic E-state index is 0.0925. The van der Waals surface area contributed by atoms with E-state index in [1.807, 2.05) is 0 Å². The van der Waals surface area contributed by atoms with Crippen LogP contribution in [0.1, 0.15) is 105 Å². The van der Waals surface area contributed by atoms with Gasteiger partial charge in [0, 0.05) is 77.8 Å². The van der Waals surface area contributed by atoms with Gasteiger partial charge in [-0.2, -0.15) is 0 Å². The van der Waals surface area contributed by atoms with E-state index in [4.69, 9.17) is 0 Å². The summed E-state index contributed by atoms with van der Waals surface area (Å²) < 4.78 is 4.96. The molecule has 0 N–H and O–H groups in total. The van der Waals surface area contributed by atoms with Crippen molar-refractivity contribution < 1.29 is 0 Å². The summed E-state index contributed by atoms with van der Waals surface area (Å²) in [5, 5.41) is 9.93. The molecule has 14 aromatic rings. The van der Waals surface area contributed by atoms with Crippen molar-refractivity contribution in [3.8, 4) is 22.5 Å². The van der Waals surface area contributed by atoms with Gasteiger partial charge in [-0.1, -0.05) is 235 Å². The molecule has 0 saturated carbocycles. The zero-order valence-electron chi connectivity index (χ0n) is 53.4. The summed E-state index contributed by atoms with van der Waals surface area (Å²) in [5.41, 5.74) is 25.3. The Morgan fingerprint density at radius 2 is 0.674 bits per heavy atom. The summed E-state index contributed by atoms with van der Waals surface area (Å²) in [4.78, 5) is 5.38. The van der Waals surface area contributed by atoms with E-state index in [-0.39, 0.29) is 28.4 Å². The van der Waals surface area contributed by atoms with Gasteiger partial charge in [-0.05, 0) is 167 Å². The van der Waals surface area contributed by atoms with Crippen LogP contribution in [0.4, 0.5) is 34.1 Å². The van der Waals surface area contributed by atoms with Crippen LogP contribution in [0, 0.1) is 0 Å². The van der Waals surface area contributed by atoms with Crippen molar-refractivity contribution in [1.82, 2.24) is 9.13 Å². The molecule has 4 nitrogen and oxygen atoms in total. The lowest BCUT2D eigenvalue weighted by Crippen LogP contribution is -2.61. The topological polar surface area (TPSA) is 16.3 Å². The van der Waals surface area contributed by atoms with Crippen molar-refractivity contribution in [3.05, 3.63) is 259 Å².